The van der Waals surface area contributed by atoms with Gasteiger partial charge in [0.15, 0.2) is 5.69 Å². The number of rotatable bonds is 6. The zero-order valence-corrected chi connectivity index (χ0v) is 14.7. The highest BCUT2D eigenvalue weighted by atomic mass is 16.6. The molecule has 0 spiro atoms. The van der Waals surface area contributed by atoms with Gasteiger partial charge in [0, 0.05) is 6.07 Å². The van der Waals surface area contributed by atoms with Crippen molar-refractivity contribution in [2.75, 3.05) is 13.7 Å². The normalized spacial score (nSPS) is 10.4. The quantitative estimate of drug-likeness (QED) is 0.374. The van der Waals surface area contributed by atoms with Crippen molar-refractivity contribution in [3.05, 3.63) is 64.3 Å². The van der Waals surface area contributed by atoms with E-state index in [1.165, 1.54) is 10.7 Å². The van der Waals surface area contributed by atoms with Crippen LogP contribution in [0.3, 0.4) is 0 Å². The van der Waals surface area contributed by atoms with Crippen molar-refractivity contribution < 1.29 is 19.2 Å². The SMILES string of the molecule is CCOC(=O)c1nnn(-c2ccc(OC)cc2)c1-c1ccccc1[N+](=O)[O-]. The van der Waals surface area contributed by atoms with Crippen LogP contribution >= 0.6 is 0 Å². The maximum absolute atomic E-state index is 12.3. The average Bonchev–Trinajstić information content (AvgIpc) is 3.13. The first kappa shape index (κ1) is 18.1. The van der Waals surface area contributed by atoms with Crippen molar-refractivity contribution in [3.63, 3.8) is 0 Å². The summed E-state index contributed by atoms with van der Waals surface area (Å²) < 4.78 is 11.5. The molecule has 0 aliphatic rings. The van der Waals surface area contributed by atoms with E-state index in [0.29, 0.717) is 11.4 Å². The molecule has 0 fully saturated rings. The van der Waals surface area contributed by atoms with E-state index in [0.717, 1.165) is 0 Å². The second-order valence-corrected chi connectivity index (χ2v) is 5.39. The van der Waals surface area contributed by atoms with Crippen molar-refractivity contribution >= 4 is 11.7 Å². The van der Waals surface area contributed by atoms with Crippen LogP contribution < -0.4 is 4.74 Å². The molecule has 0 atom stereocenters. The summed E-state index contributed by atoms with van der Waals surface area (Å²) in [5.74, 6) is -0.0675. The molecule has 3 rings (SSSR count). The fourth-order valence-corrected chi connectivity index (χ4v) is 2.60. The topological polar surface area (TPSA) is 109 Å². The fraction of sp³-hybridized carbons (Fsp3) is 0.167. The molecule has 0 aliphatic heterocycles. The van der Waals surface area contributed by atoms with Crippen LogP contribution in [0.5, 0.6) is 5.75 Å². The number of nitro benzene ring substituents is 1. The van der Waals surface area contributed by atoms with Gasteiger partial charge in [-0.05, 0) is 37.3 Å². The Bertz CT molecular complexity index is 982. The minimum Gasteiger partial charge on any atom is -0.497 e. The van der Waals surface area contributed by atoms with Crippen LogP contribution in [0, 0.1) is 10.1 Å². The number of ether oxygens (including phenoxy) is 2. The predicted molar refractivity (Wildman–Crippen MR) is 96.0 cm³/mol. The highest BCUT2D eigenvalue weighted by molar-refractivity contribution is 5.95. The third kappa shape index (κ3) is 3.47. The summed E-state index contributed by atoms with van der Waals surface area (Å²) in [5.41, 5.74) is 0.700. The number of nitrogens with zero attached hydrogens (tertiary/aromatic N) is 4. The summed E-state index contributed by atoms with van der Waals surface area (Å²) in [4.78, 5) is 23.3. The van der Waals surface area contributed by atoms with Crippen molar-refractivity contribution in [1.82, 2.24) is 15.0 Å². The van der Waals surface area contributed by atoms with E-state index in [1.54, 1.807) is 56.5 Å². The van der Waals surface area contributed by atoms with Crippen molar-refractivity contribution in [2.45, 2.75) is 6.92 Å². The third-order valence-corrected chi connectivity index (χ3v) is 3.81. The van der Waals surface area contributed by atoms with Crippen molar-refractivity contribution in [2.24, 2.45) is 0 Å². The monoisotopic (exact) mass is 368 g/mol. The maximum Gasteiger partial charge on any atom is 0.361 e. The molecule has 9 nitrogen and oxygen atoms in total. The molecule has 3 aromatic rings. The number of benzene rings is 2. The van der Waals surface area contributed by atoms with E-state index < -0.39 is 10.9 Å². The van der Waals surface area contributed by atoms with E-state index >= 15 is 0 Å². The molecule has 1 aromatic heterocycles. The van der Waals surface area contributed by atoms with Crippen LogP contribution in [0.1, 0.15) is 17.4 Å². The van der Waals surface area contributed by atoms with Crippen LogP contribution in [-0.4, -0.2) is 39.6 Å². The van der Waals surface area contributed by atoms with Crippen LogP contribution in [0.25, 0.3) is 16.9 Å². The summed E-state index contributed by atoms with van der Waals surface area (Å²) in [7, 11) is 1.54. The van der Waals surface area contributed by atoms with Gasteiger partial charge in [-0.15, -0.1) is 5.10 Å². The molecule has 0 saturated heterocycles. The second kappa shape index (κ2) is 7.65. The number of hydrogen-bond acceptors (Lipinski definition) is 7. The van der Waals surface area contributed by atoms with Gasteiger partial charge in [0.2, 0.25) is 0 Å². The molecule has 0 bridgehead atoms. The highest BCUT2D eigenvalue weighted by Gasteiger charge is 2.28. The van der Waals surface area contributed by atoms with Gasteiger partial charge < -0.3 is 9.47 Å². The second-order valence-electron chi connectivity index (χ2n) is 5.39. The smallest absolute Gasteiger partial charge is 0.361 e. The van der Waals surface area contributed by atoms with Crippen LogP contribution in [0.2, 0.25) is 0 Å². The summed E-state index contributed by atoms with van der Waals surface area (Å²) in [6, 6.07) is 12.9. The molecule has 1 heterocycles. The third-order valence-electron chi connectivity index (χ3n) is 3.81. The largest absolute Gasteiger partial charge is 0.497 e. The Hall–Kier alpha value is -3.75. The van der Waals surface area contributed by atoms with Crippen molar-refractivity contribution in [3.8, 4) is 22.7 Å². The maximum atomic E-state index is 12.3. The van der Waals surface area contributed by atoms with E-state index in [4.69, 9.17) is 9.47 Å². The molecular formula is C18H16N4O5. The molecular weight excluding hydrogens is 352 g/mol. The number of esters is 1. The number of carbonyl (C=O) groups is 1. The minimum atomic E-state index is -0.703. The first-order valence-electron chi connectivity index (χ1n) is 8.07. The zero-order chi connectivity index (χ0) is 19.4. The standard InChI is InChI=1S/C18H16N4O5/c1-3-27-18(23)16-17(14-6-4-5-7-15(14)22(24)25)21(20-19-16)12-8-10-13(26-2)11-9-12/h4-11H,3H2,1-2H3. The lowest BCUT2D eigenvalue weighted by atomic mass is 10.1. The Morgan fingerprint density at radius 3 is 2.52 bits per heavy atom. The van der Waals surface area contributed by atoms with Crippen LogP contribution in [-0.2, 0) is 4.74 Å². The molecule has 0 N–H and O–H groups in total. The number of hydrogen-bond donors (Lipinski definition) is 0. The Labute approximate surface area is 154 Å². The minimum absolute atomic E-state index is 0.0954. The molecule has 9 heteroatoms. The Morgan fingerprint density at radius 1 is 1.19 bits per heavy atom. The Morgan fingerprint density at radius 2 is 1.89 bits per heavy atom. The fourth-order valence-electron chi connectivity index (χ4n) is 2.60. The Kier molecular flexibility index (Phi) is 5.11. The summed E-state index contributed by atoms with van der Waals surface area (Å²) in [5, 5.41) is 19.4. The highest BCUT2D eigenvalue weighted by Crippen LogP contribution is 2.33. The number of aromatic nitrogens is 3. The average molecular weight is 368 g/mol. The number of nitro groups is 1. The molecule has 0 saturated carbocycles. The summed E-state index contributed by atoms with van der Waals surface area (Å²) in [6.07, 6.45) is 0. The van der Waals surface area contributed by atoms with Crippen molar-refractivity contribution in [1.29, 1.82) is 0 Å². The van der Waals surface area contributed by atoms with Gasteiger partial charge in [0.25, 0.3) is 5.69 Å². The van der Waals surface area contributed by atoms with Gasteiger partial charge in [-0.1, -0.05) is 17.3 Å². The van der Waals surface area contributed by atoms with E-state index in [2.05, 4.69) is 10.3 Å². The van der Waals surface area contributed by atoms with Gasteiger partial charge in [0.05, 0.1) is 29.9 Å². The molecule has 0 aliphatic carbocycles. The van der Waals surface area contributed by atoms with E-state index in [-0.39, 0.29) is 29.2 Å². The zero-order valence-electron chi connectivity index (χ0n) is 14.7. The lowest BCUT2D eigenvalue weighted by molar-refractivity contribution is -0.384. The molecule has 0 radical (unpaired) electrons. The van der Waals surface area contributed by atoms with Crippen LogP contribution in [0.4, 0.5) is 5.69 Å². The number of methoxy groups -OCH3 is 1. The van der Waals surface area contributed by atoms with Gasteiger partial charge in [-0.3, -0.25) is 10.1 Å². The molecule has 2 aromatic carbocycles. The first-order chi connectivity index (χ1) is 13.1. The summed E-state index contributed by atoms with van der Waals surface area (Å²) in [6.45, 7) is 1.81. The predicted octanol–water partition coefficient (Wildman–Crippen LogP) is 3.03. The lowest BCUT2D eigenvalue weighted by Gasteiger charge is -2.09. The molecule has 138 valence electrons. The van der Waals surface area contributed by atoms with E-state index in [1.807, 2.05) is 0 Å². The number of carbonyl (C=O) groups excluding carboxylic acids is 1. The Balaban J connectivity index is 2.24. The lowest BCUT2D eigenvalue weighted by Crippen LogP contribution is -2.08. The van der Waals surface area contributed by atoms with Gasteiger partial charge in [-0.2, -0.15) is 0 Å². The van der Waals surface area contributed by atoms with Gasteiger partial charge >= 0.3 is 5.97 Å². The van der Waals surface area contributed by atoms with Gasteiger partial charge in [-0.25, -0.2) is 9.48 Å². The van der Waals surface area contributed by atoms with Gasteiger partial charge in [0.1, 0.15) is 11.4 Å². The molecule has 0 unspecified atom stereocenters. The van der Waals surface area contributed by atoms with Crippen LogP contribution in [0.15, 0.2) is 48.5 Å². The number of para-hydroxylation sites is 1. The molecule has 27 heavy (non-hydrogen) atoms. The summed E-state index contributed by atoms with van der Waals surface area (Å²) >= 11 is 0. The first-order valence-corrected chi connectivity index (χ1v) is 8.07. The molecule has 0 amide bonds. The van der Waals surface area contributed by atoms with E-state index in [9.17, 15) is 14.9 Å².